The number of halogens is 2. The van der Waals surface area contributed by atoms with Crippen molar-refractivity contribution >= 4 is 29.1 Å². The van der Waals surface area contributed by atoms with Gasteiger partial charge >= 0.3 is 0 Å². The first-order valence-corrected chi connectivity index (χ1v) is 8.36. The highest BCUT2D eigenvalue weighted by molar-refractivity contribution is 6.37. The number of benzene rings is 2. The molecule has 0 aromatic heterocycles. The van der Waals surface area contributed by atoms with Crippen LogP contribution in [0.15, 0.2) is 42.5 Å². The zero-order chi connectivity index (χ0) is 16.2. The van der Waals surface area contributed by atoms with E-state index >= 15 is 0 Å². The lowest BCUT2D eigenvalue weighted by Crippen LogP contribution is -2.27. The molecule has 120 valence electrons. The van der Waals surface area contributed by atoms with E-state index in [4.69, 9.17) is 27.9 Å². The molecule has 3 nitrogen and oxygen atoms in total. The summed E-state index contributed by atoms with van der Waals surface area (Å²) in [4.78, 5) is 14.2. The number of para-hydroxylation sites is 1. The van der Waals surface area contributed by atoms with Gasteiger partial charge in [0.05, 0.1) is 10.0 Å². The molecule has 0 aliphatic carbocycles. The second-order valence-corrected chi connectivity index (χ2v) is 6.35. The lowest BCUT2D eigenvalue weighted by molar-refractivity contribution is 0.0793. The number of ether oxygens (including phenoxy) is 1. The van der Waals surface area contributed by atoms with Gasteiger partial charge in [-0.3, -0.25) is 4.79 Å². The molecular formula is C18H17Cl2NO2. The predicted molar refractivity (Wildman–Crippen MR) is 92.4 cm³/mol. The van der Waals surface area contributed by atoms with Crippen LogP contribution < -0.4 is 4.74 Å². The fourth-order valence-corrected chi connectivity index (χ4v) is 3.13. The minimum Gasteiger partial charge on any atom is -0.486 e. The van der Waals surface area contributed by atoms with Gasteiger partial charge in [0.25, 0.3) is 5.91 Å². The maximum Gasteiger partial charge on any atom is 0.253 e. The molecule has 23 heavy (non-hydrogen) atoms. The highest BCUT2D eigenvalue weighted by Gasteiger charge is 2.19. The number of amides is 1. The van der Waals surface area contributed by atoms with Crippen LogP contribution in [0.1, 0.15) is 28.8 Å². The van der Waals surface area contributed by atoms with Crippen LogP contribution in [-0.4, -0.2) is 23.9 Å². The molecule has 2 aromatic rings. The van der Waals surface area contributed by atoms with Crippen molar-refractivity contribution in [2.24, 2.45) is 0 Å². The van der Waals surface area contributed by atoms with Gasteiger partial charge in [0.2, 0.25) is 0 Å². The van der Waals surface area contributed by atoms with Gasteiger partial charge in [-0.25, -0.2) is 0 Å². The first kappa shape index (κ1) is 16.2. The molecule has 1 saturated heterocycles. The molecule has 2 aromatic carbocycles. The van der Waals surface area contributed by atoms with E-state index in [9.17, 15) is 4.79 Å². The Labute approximate surface area is 145 Å². The van der Waals surface area contributed by atoms with Gasteiger partial charge in [-0.15, -0.1) is 0 Å². The number of hydrogen-bond donors (Lipinski definition) is 0. The zero-order valence-electron chi connectivity index (χ0n) is 12.6. The molecular weight excluding hydrogens is 333 g/mol. The molecule has 1 aliphatic rings. The van der Waals surface area contributed by atoms with Crippen LogP contribution >= 0.6 is 23.2 Å². The molecule has 0 radical (unpaired) electrons. The number of rotatable bonds is 4. The summed E-state index contributed by atoms with van der Waals surface area (Å²) in [5.41, 5.74) is 1.67. The molecule has 1 aliphatic heterocycles. The monoisotopic (exact) mass is 349 g/mol. The summed E-state index contributed by atoms with van der Waals surface area (Å²) in [6.45, 7) is 2.06. The van der Waals surface area contributed by atoms with E-state index in [2.05, 4.69) is 0 Å². The predicted octanol–water partition coefficient (Wildman–Crippen LogP) is 4.81. The maximum absolute atomic E-state index is 12.3. The van der Waals surface area contributed by atoms with Gasteiger partial charge in [0, 0.05) is 18.7 Å². The standard InChI is InChI=1S/C18H17Cl2NO2/c19-15-4-3-5-16(20)17(15)23-12-13-6-8-14(9-7-13)18(22)21-10-1-2-11-21/h3-9H,1-2,10-12H2. The van der Waals surface area contributed by atoms with Gasteiger partial charge in [-0.2, -0.15) is 0 Å². The molecule has 0 spiro atoms. The van der Waals surface area contributed by atoms with Gasteiger partial charge in [-0.05, 0) is 42.7 Å². The van der Waals surface area contributed by atoms with Crippen molar-refractivity contribution in [2.45, 2.75) is 19.4 Å². The molecule has 5 heteroatoms. The first-order chi connectivity index (χ1) is 11.1. The number of likely N-dealkylation sites (tertiary alicyclic amines) is 1. The normalized spacial score (nSPS) is 14.1. The lowest BCUT2D eigenvalue weighted by Gasteiger charge is -2.15. The highest BCUT2D eigenvalue weighted by Crippen LogP contribution is 2.32. The van der Waals surface area contributed by atoms with Crippen LogP contribution in [0.2, 0.25) is 10.0 Å². The summed E-state index contributed by atoms with van der Waals surface area (Å²) in [5.74, 6) is 0.581. The van der Waals surface area contributed by atoms with E-state index in [1.54, 1.807) is 18.2 Å². The smallest absolute Gasteiger partial charge is 0.253 e. The molecule has 0 saturated carbocycles. The molecule has 0 bridgehead atoms. The average molecular weight is 350 g/mol. The van der Waals surface area contributed by atoms with Crippen molar-refractivity contribution in [2.75, 3.05) is 13.1 Å². The molecule has 1 heterocycles. The third-order valence-corrected chi connectivity index (χ3v) is 4.49. The largest absolute Gasteiger partial charge is 0.486 e. The number of carbonyl (C=O) groups excluding carboxylic acids is 1. The minimum absolute atomic E-state index is 0.101. The van der Waals surface area contributed by atoms with Crippen LogP contribution in [0.25, 0.3) is 0 Å². The lowest BCUT2D eigenvalue weighted by atomic mass is 10.1. The Balaban J connectivity index is 1.64. The van der Waals surface area contributed by atoms with Crippen LogP contribution in [0.5, 0.6) is 5.75 Å². The van der Waals surface area contributed by atoms with Crippen LogP contribution in [0.3, 0.4) is 0 Å². The Hall–Kier alpha value is -1.71. The summed E-state index contributed by atoms with van der Waals surface area (Å²) < 4.78 is 5.69. The summed E-state index contributed by atoms with van der Waals surface area (Å²) in [7, 11) is 0. The van der Waals surface area contributed by atoms with Crippen molar-refractivity contribution in [1.82, 2.24) is 4.90 Å². The molecule has 0 atom stereocenters. The van der Waals surface area contributed by atoms with E-state index in [1.807, 2.05) is 29.2 Å². The topological polar surface area (TPSA) is 29.5 Å². The Bertz CT molecular complexity index is 674. The average Bonchev–Trinajstić information content (AvgIpc) is 3.09. The zero-order valence-corrected chi connectivity index (χ0v) is 14.1. The first-order valence-electron chi connectivity index (χ1n) is 7.60. The molecule has 0 N–H and O–H groups in total. The summed E-state index contributed by atoms with van der Waals surface area (Å²) in [6, 6.07) is 12.7. The van der Waals surface area contributed by atoms with Crippen molar-refractivity contribution in [3.8, 4) is 5.75 Å². The van der Waals surface area contributed by atoms with Gasteiger partial charge < -0.3 is 9.64 Å². The third kappa shape index (κ3) is 3.80. The third-order valence-electron chi connectivity index (χ3n) is 3.90. The van der Waals surface area contributed by atoms with Crippen molar-refractivity contribution in [1.29, 1.82) is 0 Å². The fourth-order valence-electron chi connectivity index (χ4n) is 2.62. The number of nitrogens with zero attached hydrogens (tertiary/aromatic N) is 1. The summed E-state index contributed by atoms with van der Waals surface area (Å²) >= 11 is 12.2. The second kappa shape index (κ2) is 7.24. The van der Waals surface area contributed by atoms with E-state index in [-0.39, 0.29) is 5.91 Å². The molecule has 3 rings (SSSR count). The molecule has 0 unspecified atom stereocenters. The van der Waals surface area contributed by atoms with Gasteiger partial charge in [0.1, 0.15) is 6.61 Å². The van der Waals surface area contributed by atoms with Crippen LogP contribution in [0, 0.1) is 0 Å². The molecule has 1 amide bonds. The minimum atomic E-state index is 0.101. The van der Waals surface area contributed by atoms with E-state index < -0.39 is 0 Å². The quantitative estimate of drug-likeness (QED) is 0.792. The second-order valence-electron chi connectivity index (χ2n) is 5.54. The van der Waals surface area contributed by atoms with Crippen molar-refractivity contribution in [3.63, 3.8) is 0 Å². The summed E-state index contributed by atoms with van der Waals surface area (Å²) in [5, 5.41) is 0.969. The fraction of sp³-hybridized carbons (Fsp3) is 0.278. The Kier molecular flexibility index (Phi) is 5.09. The maximum atomic E-state index is 12.3. The van der Waals surface area contributed by atoms with Crippen LogP contribution in [-0.2, 0) is 6.61 Å². The number of carbonyl (C=O) groups is 1. The Morgan fingerprint density at radius 1 is 1.00 bits per heavy atom. The van der Waals surface area contributed by atoms with E-state index in [0.717, 1.165) is 31.5 Å². The SMILES string of the molecule is O=C(c1ccc(COc2c(Cl)cccc2Cl)cc1)N1CCCC1. The van der Waals surface area contributed by atoms with Gasteiger partial charge in [-0.1, -0.05) is 41.4 Å². The number of hydrogen-bond acceptors (Lipinski definition) is 2. The van der Waals surface area contributed by atoms with Crippen LogP contribution in [0.4, 0.5) is 0 Å². The highest BCUT2D eigenvalue weighted by atomic mass is 35.5. The molecule has 1 fully saturated rings. The van der Waals surface area contributed by atoms with Crippen molar-refractivity contribution < 1.29 is 9.53 Å². The van der Waals surface area contributed by atoms with E-state index in [1.165, 1.54) is 0 Å². The van der Waals surface area contributed by atoms with E-state index in [0.29, 0.717) is 28.0 Å². The Morgan fingerprint density at radius 3 is 2.22 bits per heavy atom. The van der Waals surface area contributed by atoms with Gasteiger partial charge in [0.15, 0.2) is 5.75 Å². The summed E-state index contributed by atoms with van der Waals surface area (Å²) in [6.07, 6.45) is 2.19. The van der Waals surface area contributed by atoms with Crippen molar-refractivity contribution in [3.05, 3.63) is 63.6 Å². The Morgan fingerprint density at radius 2 is 1.61 bits per heavy atom.